The lowest BCUT2D eigenvalue weighted by atomic mass is 10.3. The highest BCUT2D eigenvalue weighted by Gasteiger charge is 2.04. The summed E-state index contributed by atoms with van der Waals surface area (Å²) in [7, 11) is 0. The molecule has 0 saturated carbocycles. The number of nitrogens with one attached hydrogen (secondary N) is 1. The lowest BCUT2D eigenvalue weighted by molar-refractivity contribution is 0.375. The Kier molecular flexibility index (Phi) is 3.86. The van der Waals surface area contributed by atoms with Crippen molar-refractivity contribution in [3.8, 4) is 0 Å². The molecule has 6 heteroatoms. The molecule has 0 aliphatic carbocycles. The highest BCUT2D eigenvalue weighted by atomic mass is 16.5. The molecule has 0 amide bonds. The van der Waals surface area contributed by atoms with Gasteiger partial charge in [0.05, 0.1) is 0 Å². The first kappa shape index (κ1) is 12.5. The summed E-state index contributed by atoms with van der Waals surface area (Å²) in [5.41, 5.74) is 1.91. The van der Waals surface area contributed by atoms with E-state index in [1.165, 1.54) is 0 Å². The van der Waals surface area contributed by atoms with Gasteiger partial charge < -0.3 is 9.84 Å². The van der Waals surface area contributed by atoms with Crippen LogP contribution < -0.4 is 5.32 Å². The second-order valence-electron chi connectivity index (χ2n) is 4.11. The Hall–Kier alpha value is -1.98. The fraction of sp³-hybridized carbons (Fsp3) is 0.500. The van der Waals surface area contributed by atoms with Gasteiger partial charge in [-0.05, 0) is 19.9 Å². The molecule has 0 spiro atoms. The van der Waals surface area contributed by atoms with Gasteiger partial charge in [-0.2, -0.15) is 4.98 Å². The van der Waals surface area contributed by atoms with Gasteiger partial charge in [-0.3, -0.25) is 0 Å². The predicted molar refractivity (Wildman–Crippen MR) is 67.4 cm³/mol. The van der Waals surface area contributed by atoms with E-state index in [-0.39, 0.29) is 0 Å². The maximum atomic E-state index is 5.10. The average molecular weight is 247 g/mol. The van der Waals surface area contributed by atoms with E-state index in [9.17, 15) is 0 Å². The van der Waals surface area contributed by atoms with Crippen molar-refractivity contribution in [1.82, 2.24) is 20.1 Å². The van der Waals surface area contributed by atoms with E-state index >= 15 is 0 Å². The Morgan fingerprint density at radius 3 is 2.50 bits per heavy atom. The van der Waals surface area contributed by atoms with Crippen LogP contribution in [0.25, 0.3) is 0 Å². The second-order valence-corrected chi connectivity index (χ2v) is 4.11. The summed E-state index contributed by atoms with van der Waals surface area (Å²) < 4.78 is 5.10. The van der Waals surface area contributed by atoms with Crippen molar-refractivity contribution >= 4 is 5.95 Å². The molecular weight excluding hydrogens is 230 g/mol. The number of rotatable bonds is 5. The van der Waals surface area contributed by atoms with Crippen LogP contribution in [-0.4, -0.2) is 26.7 Å². The molecule has 96 valence electrons. The van der Waals surface area contributed by atoms with Crippen LogP contribution in [0.15, 0.2) is 10.6 Å². The van der Waals surface area contributed by atoms with Crippen molar-refractivity contribution in [2.24, 2.45) is 0 Å². The summed E-state index contributed by atoms with van der Waals surface area (Å²) in [5, 5.41) is 7.00. The minimum atomic E-state index is 0.641. The third-order valence-corrected chi connectivity index (χ3v) is 2.43. The average Bonchev–Trinajstić information content (AvgIpc) is 2.76. The van der Waals surface area contributed by atoms with Gasteiger partial charge >= 0.3 is 0 Å². The van der Waals surface area contributed by atoms with Crippen LogP contribution in [0.5, 0.6) is 0 Å². The Morgan fingerprint density at radius 1 is 1.17 bits per heavy atom. The monoisotopic (exact) mass is 247 g/mol. The van der Waals surface area contributed by atoms with Gasteiger partial charge in [-0.25, -0.2) is 9.97 Å². The summed E-state index contributed by atoms with van der Waals surface area (Å²) >= 11 is 0. The largest absolute Gasteiger partial charge is 0.354 e. The highest BCUT2D eigenvalue weighted by Crippen LogP contribution is 2.04. The van der Waals surface area contributed by atoms with Gasteiger partial charge in [0.25, 0.3) is 0 Å². The lowest BCUT2D eigenvalue weighted by Gasteiger charge is -2.04. The van der Waals surface area contributed by atoms with Gasteiger partial charge in [-0.15, -0.1) is 0 Å². The topological polar surface area (TPSA) is 76.7 Å². The third-order valence-electron chi connectivity index (χ3n) is 2.43. The molecule has 0 saturated heterocycles. The van der Waals surface area contributed by atoms with Crippen LogP contribution >= 0.6 is 0 Å². The van der Waals surface area contributed by atoms with E-state index in [0.717, 1.165) is 23.6 Å². The molecule has 18 heavy (non-hydrogen) atoms. The molecule has 0 aromatic carbocycles. The number of aryl methyl sites for hydroxylation is 3. The minimum absolute atomic E-state index is 0.641. The first-order valence-electron chi connectivity index (χ1n) is 6.05. The van der Waals surface area contributed by atoms with Crippen LogP contribution in [0.2, 0.25) is 0 Å². The summed E-state index contributed by atoms with van der Waals surface area (Å²) in [6.45, 7) is 6.57. The number of nitrogens with zero attached hydrogens (tertiary/aromatic N) is 4. The van der Waals surface area contributed by atoms with Crippen molar-refractivity contribution in [1.29, 1.82) is 0 Å². The third kappa shape index (κ3) is 3.26. The Balaban J connectivity index is 1.88. The Labute approximate surface area is 106 Å². The number of anilines is 1. The molecule has 0 unspecified atom stereocenters. The maximum Gasteiger partial charge on any atom is 0.228 e. The molecule has 2 heterocycles. The molecule has 1 N–H and O–H groups in total. The van der Waals surface area contributed by atoms with Crippen molar-refractivity contribution in [2.45, 2.75) is 33.6 Å². The minimum Gasteiger partial charge on any atom is -0.354 e. The molecule has 2 rings (SSSR count). The molecule has 6 nitrogen and oxygen atoms in total. The summed E-state index contributed by atoms with van der Waals surface area (Å²) in [4.78, 5) is 12.8. The smallest absolute Gasteiger partial charge is 0.228 e. The summed E-state index contributed by atoms with van der Waals surface area (Å²) in [5.74, 6) is 2.03. The number of hydrogen-bond donors (Lipinski definition) is 1. The molecule has 0 aliphatic rings. The summed E-state index contributed by atoms with van der Waals surface area (Å²) in [6.07, 6.45) is 1.46. The molecule has 2 aromatic heterocycles. The van der Waals surface area contributed by atoms with Gasteiger partial charge in [0.1, 0.15) is 0 Å². The van der Waals surface area contributed by atoms with Crippen LogP contribution in [-0.2, 0) is 12.8 Å². The summed E-state index contributed by atoms with van der Waals surface area (Å²) in [6, 6.07) is 1.94. The molecule has 0 aliphatic heterocycles. The standard InChI is InChI=1S/C12H17N5O/c1-4-10-16-11(18-17-10)5-6-13-12-14-8(2)7-9(3)15-12/h7H,4-6H2,1-3H3,(H,13,14,15). The van der Waals surface area contributed by atoms with E-state index in [0.29, 0.717) is 24.8 Å². The van der Waals surface area contributed by atoms with Crippen LogP contribution in [0.1, 0.15) is 30.0 Å². The van der Waals surface area contributed by atoms with Gasteiger partial charge in [0.15, 0.2) is 5.82 Å². The first-order chi connectivity index (χ1) is 8.67. The fourth-order valence-corrected chi connectivity index (χ4v) is 1.62. The Bertz CT molecular complexity index is 503. The maximum absolute atomic E-state index is 5.10. The normalized spacial score (nSPS) is 10.6. The van der Waals surface area contributed by atoms with E-state index < -0.39 is 0 Å². The fourth-order valence-electron chi connectivity index (χ4n) is 1.62. The van der Waals surface area contributed by atoms with Crippen molar-refractivity contribution in [2.75, 3.05) is 11.9 Å². The first-order valence-corrected chi connectivity index (χ1v) is 6.05. The van der Waals surface area contributed by atoms with Gasteiger partial charge in [0.2, 0.25) is 11.8 Å². The zero-order valence-electron chi connectivity index (χ0n) is 10.9. The van der Waals surface area contributed by atoms with Crippen LogP contribution in [0, 0.1) is 13.8 Å². The zero-order valence-corrected chi connectivity index (χ0v) is 10.9. The van der Waals surface area contributed by atoms with Crippen LogP contribution in [0.3, 0.4) is 0 Å². The number of hydrogen-bond acceptors (Lipinski definition) is 6. The van der Waals surface area contributed by atoms with E-state index in [1.54, 1.807) is 0 Å². The zero-order chi connectivity index (χ0) is 13.0. The van der Waals surface area contributed by atoms with E-state index in [1.807, 2.05) is 26.8 Å². The van der Waals surface area contributed by atoms with Crippen LogP contribution in [0.4, 0.5) is 5.95 Å². The van der Waals surface area contributed by atoms with Gasteiger partial charge in [0, 0.05) is 30.8 Å². The molecule has 0 atom stereocenters. The molecule has 0 fully saturated rings. The lowest BCUT2D eigenvalue weighted by Crippen LogP contribution is -2.09. The highest BCUT2D eigenvalue weighted by molar-refractivity contribution is 5.27. The quantitative estimate of drug-likeness (QED) is 0.866. The predicted octanol–water partition coefficient (Wildman–Crippen LogP) is 1.69. The second kappa shape index (κ2) is 5.57. The van der Waals surface area contributed by atoms with Gasteiger partial charge in [-0.1, -0.05) is 12.1 Å². The van der Waals surface area contributed by atoms with Crippen molar-refractivity contribution in [3.63, 3.8) is 0 Å². The SMILES string of the molecule is CCc1noc(CCNc2nc(C)cc(C)n2)n1. The number of aromatic nitrogens is 4. The molecular formula is C12H17N5O. The molecule has 2 aromatic rings. The van der Waals surface area contributed by atoms with E-state index in [2.05, 4.69) is 25.4 Å². The van der Waals surface area contributed by atoms with Crippen molar-refractivity contribution < 1.29 is 4.52 Å². The Morgan fingerprint density at radius 2 is 1.89 bits per heavy atom. The van der Waals surface area contributed by atoms with Crippen molar-refractivity contribution in [3.05, 3.63) is 29.2 Å². The van der Waals surface area contributed by atoms with E-state index in [4.69, 9.17) is 4.52 Å². The molecule has 0 bridgehead atoms. The molecule has 0 radical (unpaired) electrons.